The van der Waals surface area contributed by atoms with Crippen molar-refractivity contribution in [1.82, 2.24) is 20.4 Å². The zero-order chi connectivity index (χ0) is 22.8. The average Bonchev–Trinajstić information content (AvgIpc) is 3.50. The fourth-order valence-corrected chi connectivity index (χ4v) is 3.69. The molecule has 31 heavy (non-hydrogen) atoms. The molecule has 1 aliphatic heterocycles. The van der Waals surface area contributed by atoms with Gasteiger partial charge in [0.25, 0.3) is 0 Å². The first-order valence-corrected chi connectivity index (χ1v) is 9.82. The molecule has 2 atom stereocenters. The van der Waals surface area contributed by atoms with Gasteiger partial charge >= 0.3 is 18.4 Å². The molecule has 0 aromatic heterocycles. The summed E-state index contributed by atoms with van der Waals surface area (Å²) in [6.45, 7) is 0.168. The van der Waals surface area contributed by atoms with Crippen LogP contribution in [0.4, 0.5) is 27.2 Å². The van der Waals surface area contributed by atoms with Crippen LogP contribution >= 0.6 is 0 Å². The number of nitrogens with one attached hydrogen (secondary N) is 2. The number of carbonyl (C=O) groups excluding carboxylic acids is 2. The molecule has 1 aromatic carbocycles. The van der Waals surface area contributed by atoms with Crippen molar-refractivity contribution in [1.29, 1.82) is 0 Å². The molecule has 1 heterocycles. The van der Waals surface area contributed by atoms with Crippen LogP contribution in [-0.2, 0) is 6.54 Å². The zero-order valence-corrected chi connectivity index (χ0v) is 16.8. The molecule has 1 aromatic rings. The van der Waals surface area contributed by atoms with Gasteiger partial charge in [0.2, 0.25) is 0 Å². The minimum absolute atomic E-state index is 0.00529. The lowest BCUT2D eigenvalue weighted by Gasteiger charge is -2.41. The van der Waals surface area contributed by atoms with E-state index in [2.05, 4.69) is 15.4 Å². The molecule has 0 spiro atoms. The van der Waals surface area contributed by atoms with Gasteiger partial charge in [0.1, 0.15) is 11.6 Å². The van der Waals surface area contributed by atoms with Gasteiger partial charge in [-0.2, -0.15) is 0 Å². The Morgan fingerprint density at radius 3 is 2.55 bits per heavy atom. The molecule has 3 N–H and O–H groups in total. The van der Waals surface area contributed by atoms with E-state index in [0.717, 1.165) is 25.0 Å². The average molecular weight is 448 g/mol. The highest BCUT2D eigenvalue weighted by molar-refractivity contribution is 5.76. The zero-order valence-electron chi connectivity index (χ0n) is 16.8. The number of rotatable bonds is 5. The lowest BCUT2D eigenvalue weighted by Crippen LogP contribution is -2.59. The SMILES string of the molecule is CNC(=O)N1CC(O)CC(N(C(=O)NCc2ccc(OC(F)(F)F)cc2F)C2CC2)C1. The second-order valence-corrected chi connectivity index (χ2v) is 7.60. The van der Waals surface area contributed by atoms with Crippen LogP contribution in [0.1, 0.15) is 24.8 Å². The van der Waals surface area contributed by atoms with E-state index in [1.807, 2.05) is 0 Å². The molecule has 8 nitrogen and oxygen atoms in total. The summed E-state index contributed by atoms with van der Waals surface area (Å²) in [4.78, 5) is 27.8. The van der Waals surface area contributed by atoms with E-state index >= 15 is 0 Å². The molecule has 4 amide bonds. The number of hydrogen-bond donors (Lipinski definition) is 3. The highest BCUT2D eigenvalue weighted by Crippen LogP contribution is 2.32. The number of aliphatic hydroxyl groups is 1. The van der Waals surface area contributed by atoms with Crippen LogP contribution in [-0.4, -0.2) is 71.7 Å². The molecular formula is C19H24F4N4O4. The number of nitrogens with zero attached hydrogens (tertiary/aromatic N) is 2. The first kappa shape index (κ1) is 22.9. The number of hydrogen-bond acceptors (Lipinski definition) is 4. The van der Waals surface area contributed by atoms with Crippen LogP contribution < -0.4 is 15.4 Å². The van der Waals surface area contributed by atoms with Gasteiger partial charge in [-0.25, -0.2) is 14.0 Å². The summed E-state index contributed by atoms with van der Waals surface area (Å²) in [5.41, 5.74) is -0.00529. The number of urea groups is 2. The summed E-state index contributed by atoms with van der Waals surface area (Å²) in [7, 11) is 1.48. The largest absolute Gasteiger partial charge is 0.573 e. The maximum atomic E-state index is 14.1. The van der Waals surface area contributed by atoms with E-state index in [4.69, 9.17) is 0 Å². The van der Waals surface area contributed by atoms with Gasteiger partial charge in [-0.15, -0.1) is 13.2 Å². The molecule has 2 aliphatic rings. The van der Waals surface area contributed by atoms with Crippen LogP contribution in [0, 0.1) is 5.82 Å². The number of piperidine rings is 1. The summed E-state index contributed by atoms with van der Waals surface area (Å²) in [5.74, 6) is -1.64. The fourth-order valence-electron chi connectivity index (χ4n) is 3.69. The minimum atomic E-state index is -4.93. The lowest BCUT2D eigenvalue weighted by molar-refractivity contribution is -0.274. The maximum Gasteiger partial charge on any atom is 0.573 e. The number of aliphatic hydroxyl groups excluding tert-OH is 1. The van der Waals surface area contributed by atoms with Crippen LogP contribution in [0.25, 0.3) is 0 Å². The molecular weight excluding hydrogens is 424 g/mol. The summed E-state index contributed by atoms with van der Waals surface area (Å²) in [5, 5.41) is 15.2. The van der Waals surface area contributed by atoms with Crippen LogP contribution in [0.3, 0.4) is 0 Å². The Labute approximate surface area is 176 Å². The lowest BCUT2D eigenvalue weighted by atomic mass is 10.0. The monoisotopic (exact) mass is 448 g/mol. The van der Waals surface area contributed by atoms with Crippen molar-refractivity contribution in [3.63, 3.8) is 0 Å². The predicted octanol–water partition coefficient (Wildman–Crippen LogP) is 2.17. The molecule has 1 aliphatic carbocycles. The van der Waals surface area contributed by atoms with Crippen molar-refractivity contribution >= 4 is 12.1 Å². The minimum Gasteiger partial charge on any atom is -0.406 e. The number of benzene rings is 1. The maximum absolute atomic E-state index is 14.1. The predicted molar refractivity (Wildman–Crippen MR) is 101 cm³/mol. The molecule has 3 rings (SSSR count). The second-order valence-electron chi connectivity index (χ2n) is 7.60. The second kappa shape index (κ2) is 9.16. The molecule has 1 saturated heterocycles. The normalized spacial score (nSPS) is 21.4. The molecule has 2 unspecified atom stereocenters. The summed E-state index contributed by atoms with van der Waals surface area (Å²) in [6, 6.07) is 1.37. The van der Waals surface area contributed by atoms with E-state index in [9.17, 15) is 32.3 Å². The summed E-state index contributed by atoms with van der Waals surface area (Å²) in [6.07, 6.45) is -3.87. The van der Waals surface area contributed by atoms with E-state index in [0.29, 0.717) is 12.5 Å². The van der Waals surface area contributed by atoms with Crippen LogP contribution in [0.2, 0.25) is 0 Å². The summed E-state index contributed by atoms with van der Waals surface area (Å²) < 4.78 is 54.6. The third-order valence-corrected chi connectivity index (χ3v) is 5.16. The van der Waals surface area contributed by atoms with Crippen molar-refractivity contribution in [2.24, 2.45) is 0 Å². The number of likely N-dealkylation sites (tertiary alicyclic amines) is 1. The number of carbonyl (C=O) groups is 2. The molecule has 0 radical (unpaired) electrons. The molecule has 2 fully saturated rings. The van der Waals surface area contributed by atoms with Gasteiger partial charge in [0.15, 0.2) is 0 Å². The van der Waals surface area contributed by atoms with Gasteiger partial charge in [0.05, 0.1) is 12.1 Å². The molecule has 0 bridgehead atoms. The Balaban J connectivity index is 1.64. The van der Waals surface area contributed by atoms with Gasteiger partial charge in [0, 0.05) is 44.4 Å². The van der Waals surface area contributed by atoms with Crippen molar-refractivity contribution in [3.05, 3.63) is 29.6 Å². The quantitative estimate of drug-likeness (QED) is 0.602. The van der Waals surface area contributed by atoms with Crippen molar-refractivity contribution < 1.29 is 37.0 Å². The van der Waals surface area contributed by atoms with Crippen molar-refractivity contribution in [2.75, 3.05) is 20.1 Å². The van der Waals surface area contributed by atoms with Gasteiger partial charge in [-0.1, -0.05) is 6.07 Å². The Bertz CT molecular complexity index is 819. The third-order valence-electron chi connectivity index (χ3n) is 5.16. The van der Waals surface area contributed by atoms with E-state index < -0.39 is 36.1 Å². The molecule has 172 valence electrons. The van der Waals surface area contributed by atoms with Gasteiger partial charge in [-0.05, 0) is 25.3 Å². The Morgan fingerprint density at radius 2 is 1.97 bits per heavy atom. The first-order valence-electron chi connectivity index (χ1n) is 9.82. The number of β-amino-alcohol motifs (C(OH)–C–C–N with tert-alkyl or cyclic N) is 1. The topological polar surface area (TPSA) is 94.1 Å². The highest BCUT2D eigenvalue weighted by Gasteiger charge is 2.41. The van der Waals surface area contributed by atoms with Crippen molar-refractivity contribution in [2.45, 2.75) is 50.4 Å². The van der Waals surface area contributed by atoms with Crippen LogP contribution in [0.5, 0.6) is 5.75 Å². The van der Waals surface area contributed by atoms with Gasteiger partial charge in [-0.3, -0.25) is 0 Å². The number of halogens is 4. The smallest absolute Gasteiger partial charge is 0.406 e. The van der Waals surface area contributed by atoms with E-state index in [1.54, 1.807) is 4.90 Å². The first-order chi connectivity index (χ1) is 14.6. The van der Waals surface area contributed by atoms with Crippen LogP contribution in [0.15, 0.2) is 18.2 Å². The van der Waals surface area contributed by atoms with Gasteiger partial charge < -0.3 is 30.3 Å². The highest BCUT2D eigenvalue weighted by atomic mass is 19.4. The fraction of sp³-hybridized carbons (Fsp3) is 0.579. The Hall–Kier alpha value is -2.76. The Kier molecular flexibility index (Phi) is 6.77. The standard InChI is InChI=1S/C19H24F4N4O4/c1-24-17(29)26-9-13(6-14(28)10-26)27(12-3-4-12)18(30)25-8-11-2-5-15(7-16(11)20)31-19(21,22)23/h2,5,7,12-14,28H,3-4,6,8-10H2,1H3,(H,24,29)(H,25,30). The third kappa shape index (κ3) is 6.12. The molecule has 1 saturated carbocycles. The van der Waals surface area contributed by atoms with E-state index in [-0.39, 0.29) is 37.3 Å². The van der Waals surface area contributed by atoms with Crippen molar-refractivity contribution in [3.8, 4) is 5.75 Å². The number of amides is 4. The van der Waals surface area contributed by atoms with E-state index in [1.165, 1.54) is 11.9 Å². The molecule has 12 heteroatoms. The summed E-state index contributed by atoms with van der Waals surface area (Å²) >= 11 is 0. The number of ether oxygens (including phenoxy) is 1. The number of alkyl halides is 3. The Morgan fingerprint density at radius 1 is 1.26 bits per heavy atom.